The molecule has 0 radical (unpaired) electrons. The summed E-state index contributed by atoms with van der Waals surface area (Å²) in [4.78, 5) is 38.2. The Bertz CT molecular complexity index is 1430. The molecule has 1 aliphatic rings. The van der Waals surface area contributed by atoms with E-state index < -0.39 is 0 Å². The minimum absolute atomic E-state index is 0.0103. The number of hydrogen-bond acceptors (Lipinski definition) is 4. The van der Waals surface area contributed by atoms with Crippen molar-refractivity contribution in [1.29, 1.82) is 0 Å². The van der Waals surface area contributed by atoms with Crippen molar-refractivity contribution in [3.05, 3.63) is 108 Å². The number of benzene rings is 4. The van der Waals surface area contributed by atoms with E-state index in [1.807, 2.05) is 92.0 Å². The van der Waals surface area contributed by atoms with Crippen LogP contribution < -0.4 is 5.32 Å². The van der Waals surface area contributed by atoms with Crippen molar-refractivity contribution in [2.45, 2.75) is 18.2 Å². The van der Waals surface area contributed by atoms with E-state index in [0.29, 0.717) is 18.5 Å². The third kappa shape index (κ3) is 4.98. The van der Waals surface area contributed by atoms with Crippen LogP contribution in [0.25, 0.3) is 21.9 Å². The molecule has 1 N–H and O–H groups in total. The van der Waals surface area contributed by atoms with E-state index >= 15 is 0 Å². The first-order valence-corrected chi connectivity index (χ1v) is 12.3. The summed E-state index contributed by atoms with van der Waals surface area (Å²) >= 11 is 1.05. The number of imide groups is 1. The third-order valence-electron chi connectivity index (χ3n) is 6.19. The predicted octanol–water partition coefficient (Wildman–Crippen LogP) is 5.67. The normalized spacial score (nSPS) is 15.3. The molecule has 1 heterocycles. The molecule has 0 bridgehead atoms. The SMILES string of the molecule is CN(Cc1cccc(-c2ccc(CC3SC(=O)NC3=O)cc2)c1)C(=O)c1cccc2ccccc12. The van der Waals surface area contributed by atoms with Gasteiger partial charge >= 0.3 is 0 Å². The smallest absolute Gasteiger partial charge is 0.286 e. The summed E-state index contributed by atoms with van der Waals surface area (Å²) in [5.41, 5.74) is 4.86. The summed E-state index contributed by atoms with van der Waals surface area (Å²) in [5.74, 6) is -0.234. The van der Waals surface area contributed by atoms with E-state index in [0.717, 1.165) is 44.8 Å². The molecule has 0 aromatic heterocycles. The number of fused-ring (bicyclic) bond motifs is 1. The Morgan fingerprint density at radius 3 is 2.37 bits per heavy atom. The van der Waals surface area contributed by atoms with Crippen LogP contribution in [0.2, 0.25) is 0 Å². The van der Waals surface area contributed by atoms with Gasteiger partial charge in [0.15, 0.2) is 0 Å². The number of carbonyl (C=O) groups excluding carboxylic acids is 3. The van der Waals surface area contributed by atoms with Gasteiger partial charge in [-0.3, -0.25) is 19.7 Å². The Hall–Kier alpha value is -3.90. The molecule has 174 valence electrons. The van der Waals surface area contributed by atoms with Gasteiger partial charge in [-0.2, -0.15) is 0 Å². The largest absolute Gasteiger partial charge is 0.337 e. The fraction of sp³-hybridized carbons (Fsp3) is 0.138. The molecule has 0 spiro atoms. The van der Waals surface area contributed by atoms with Gasteiger partial charge in [-0.25, -0.2) is 0 Å². The number of thioether (sulfide) groups is 1. The maximum atomic E-state index is 13.2. The molecule has 3 amide bonds. The summed E-state index contributed by atoms with van der Waals surface area (Å²) in [6.45, 7) is 0.496. The third-order valence-corrected chi connectivity index (χ3v) is 7.17. The van der Waals surface area contributed by atoms with Gasteiger partial charge in [0.1, 0.15) is 0 Å². The fourth-order valence-electron chi connectivity index (χ4n) is 4.39. The zero-order valence-electron chi connectivity index (χ0n) is 19.2. The molecule has 4 aromatic rings. The quantitative estimate of drug-likeness (QED) is 0.386. The summed E-state index contributed by atoms with van der Waals surface area (Å²) < 4.78 is 0. The molecule has 4 aromatic carbocycles. The van der Waals surface area contributed by atoms with Gasteiger partial charge in [-0.15, -0.1) is 0 Å². The number of rotatable bonds is 6. The lowest BCUT2D eigenvalue weighted by atomic mass is 10.00. The van der Waals surface area contributed by atoms with Crippen LogP contribution in [0.4, 0.5) is 4.79 Å². The molecule has 35 heavy (non-hydrogen) atoms. The second-order valence-corrected chi connectivity index (χ2v) is 9.85. The van der Waals surface area contributed by atoms with Crippen LogP contribution in [0.15, 0.2) is 91.0 Å². The number of hydrogen-bond donors (Lipinski definition) is 1. The van der Waals surface area contributed by atoms with Crippen molar-refractivity contribution in [3.8, 4) is 11.1 Å². The lowest BCUT2D eigenvalue weighted by Crippen LogP contribution is -2.26. The van der Waals surface area contributed by atoms with E-state index in [2.05, 4.69) is 11.4 Å². The Kier molecular flexibility index (Phi) is 6.38. The minimum Gasteiger partial charge on any atom is -0.337 e. The summed E-state index contributed by atoms with van der Waals surface area (Å²) in [6.07, 6.45) is 0.517. The number of carbonyl (C=O) groups is 3. The van der Waals surface area contributed by atoms with Crippen molar-refractivity contribution in [1.82, 2.24) is 10.2 Å². The molecule has 0 saturated carbocycles. The summed E-state index contributed by atoms with van der Waals surface area (Å²) in [5, 5.41) is 3.69. The van der Waals surface area contributed by atoms with E-state index in [-0.39, 0.29) is 22.3 Å². The van der Waals surface area contributed by atoms with Crippen molar-refractivity contribution in [2.75, 3.05) is 7.05 Å². The second kappa shape index (κ2) is 9.76. The average molecular weight is 481 g/mol. The first-order valence-electron chi connectivity index (χ1n) is 11.4. The van der Waals surface area contributed by atoms with E-state index in [9.17, 15) is 14.4 Å². The van der Waals surface area contributed by atoms with Crippen LogP contribution in [0.1, 0.15) is 21.5 Å². The molecule has 6 heteroatoms. The van der Waals surface area contributed by atoms with Gasteiger partial charge < -0.3 is 4.90 Å². The van der Waals surface area contributed by atoms with Crippen LogP contribution in [-0.4, -0.2) is 34.3 Å². The van der Waals surface area contributed by atoms with Crippen LogP contribution in [0.3, 0.4) is 0 Å². The Morgan fingerprint density at radius 1 is 0.857 bits per heavy atom. The topological polar surface area (TPSA) is 66.5 Å². The molecule has 1 saturated heterocycles. The van der Waals surface area contributed by atoms with E-state index in [1.165, 1.54) is 0 Å². The second-order valence-electron chi connectivity index (χ2n) is 8.67. The minimum atomic E-state index is -0.369. The maximum absolute atomic E-state index is 13.2. The first kappa shape index (κ1) is 22.9. The van der Waals surface area contributed by atoms with E-state index in [1.54, 1.807) is 4.90 Å². The van der Waals surface area contributed by atoms with E-state index in [4.69, 9.17) is 0 Å². The number of amides is 3. The van der Waals surface area contributed by atoms with Crippen molar-refractivity contribution >= 4 is 39.6 Å². The maximum Gasteiger partial charge on any atom is 0.286 e. The highest BCUT2D eigenvalue weighted by Crippen LogP contribution is 2.26. The van der Waals surface area contributed by atoms with Crippen LogP contribution in [-0.2, 0) is 17.8 Å². The molecule has 1 fully saturated rings. The van der Waals surface area contributed by atoms with Gasteiger partial charge in [0, 0.05) is 19.2 Å². The van der Waals surface area contributed by atoms with Gasteiger partial charge in [0.05, 0.1) is 5.25 Å². The molecule has 5 nitrogen and oxygen atoms in total. The highest BCUT2D eigenvalue weighted by Gasteiger charge is 2.31. The molecule has 1 unspecified atom stereocenters. The highest BCUT2D eigenvalue weighted by molar-refractivity contribution is 8.15. The predicted molar refractivity (Wildman–Crippen MR) is 140 cm³/mol. The summed E-state index contributed by atoms with van der Waals surface area (Å²) in [6, 6.07) is 30.0. The molecular weight excluding hydrogens is 456 g/mol. The molecular formula is C29H24N2O3S. The zero-order valence-corrected chi connectivity index (χ0v) is 20.0. The molecule has 0 aliphatic carbocycles. The average Bonchev–Trinajstić information content (AvgIpc) is 3.20. The van der Waals surface area contributed by atoms with Crippen LogP contribution in [0.5, 0.6) is 0 Å². The number of nitrogens with zero attached hydrogens (tertiary/aromatic N) is 1. The first-order chi connectivity index (χ1) is 17.0. The molecule has 1 atom stereocenters. The van der Waals surface area contributed by atoms with Crippen LogP contribution in [0, 0.1) is 0 Å². The Labute approximate surface area is 208 Å². The Morgan fingerprint density at radius 2 is 1.60 bits per heavy atom. The highest BCUT2D eigenvalue weighted by atomic mass is 32.2. The molecule has 5 rings (SSSR count). The standard InChI is InChI=1S/C29H24N2O3S/c1-31(28(33)25-11-5-8-22-7-2-3-10-24(22)25)18-20-6-4-9-23(16-20)21-14-12-19(13-15-21)17-26-27(32)30-29(34)35-26/h2-16,26H,17-18H2,1H3,(H,30,32,34). The fourth-order valence-corrected chi connectivity index (χ4v) is 5.25. The number of nitrogens with one attached hydrogen (secondary N) is 1. The van der Waals surface area contributed by atoms with Gasteiger partial charge in [0.2, 0.25) is 5.91 Å². The molecule has 1 aliphatic heterocycles. The lowest BCUT2D eigenvalue weighted by Gasteiger charge is -2.19. The van der Waals surface area contributed by atoms with Gasteiger partial charge in [0.25, 0.3) is 11.1 Å². The van der Waals surface area contributed by atoms with Crippen molar-refractivity contribution < 1.29 is 14.4 Å². The van der Waals surface area contributed by atoms with Gasteiger partial charge in [-0.05, 0) is 51.6 Å². The zero-order chi connectivity index (χ0) is 24.4. The van der Waals surface area contributed by atoms with Gasteiger partial charge in [-0.1, -0.05) is 90.6 Å². The lowest BCUT2D eigenvalue weighted by molar-refractivity contribution is -0.118. The van der Waals surface area contributed by atoms with Crippen LogP contribution >= 0.6 is 11.8 Å². The van der Waals surface area contributed by atoms with Crippen molar-refractivity contribution in [2.24, 2.45) is 0 Å². The monoisotopic (exact) mass is 480 g/mol. The summed E-state index contributed by atoms with van der Waals surface area (Å²) in [7, 11) is 1.83. The Balaban J connectivity index is 1.29. The van der Waals surface area contributed by atoms with Crippen molar-refractivity contribution in [3.63, 3.8) is 0 Å².